The molecule has 0 unspecified atom stereocenters. The van der Waals surface area contributed by atoms with E-state index in [-0.39, 0.29) is 10.8 Å². The van der Waals surface area contributed by atoms with Crippen molar-refractivity contribution in [3.05, 3.63) is 66.0 Å². The highest BCUT2D eigenvalue weighted by molar-refractivity contribution is 7.89. The van der Waals surface area contributed by atoms with Crippen LogP contribution in [-0.2, 0) is 27.8 Å². The second kappa shape index (κ2) is 9.46. The predicted octanol–water partition coefficient (Wildman–Crippen LogP) is 3.23. The minimum absolute atomic E-state index is 0.171. The minimum atomic E-state index is -3.48. The number of carbonyl (C=O) groups is 1. The molecule has 0 bridgehead atoms. The number of amides is 1. The van der Waals surface area contributed by atoms with Gasteiger partial charge in [-0.3, -0.25) is 4.79 Å². The van der Waals surface area contributed by atoms with E-state index in [2.05, 4.69) is 24.8 Å². The average Bonchev–Trinajstić information content (AvgIpc) is 3.06. The van der Waals surface area contributed by atoms with Crippen molar-refractivity contribution in [2.24, 2.45) is 0 Å². The second-order valence-electron chi connectivity index (χ2n) is 7.58. The minimum Gasteiger partial charge on any atom is -0.322 e. The number of carbonyl (C=O) groups excluding carboxylic acids is 1. The van der Waals surface area contributed by atoms with Crippen molar-refractivity contribution in [3.63, 3.8) is 0 Å². The quantitative estimate of drug-likeness (QED) is 0.560. The molecule has 2 N–H and O–H groups in total. The summed E-state index contributed by atoms with van der Waals surface area (Å²) in [4.78, 5) is 12.6. The number of aromatic nitrogens is 3. The number of aryl methyl sites for hydroxylation is 1. The van der Waals surface area contributed by atoms with E-state index in [1.54, 1.807) is 18.2 Å². The number of sulfonamides is 1. The highest BCUT2D eigenvalue weighted by atomic mass is 32.2. The Balaban J connectivity index is 1.45. The normalized spacial score (nSPS) is 14.2. The molecule has 1 amide bonds. The van der Waals surface area contributed by atoms with Gasteiger partial charge in [0.05, 0.1) is 4.90 Å². The molecule has 1 aromatic heterocycles. The average molecular weight is 452 g/mol. The maximum absolute atomic E-state index is 12.4. The zero-order chi connectivity index (χ0) is 22.6. The first-order valence-electron chi connectivity index (χ1n) is 10.5. The van der Waals surface area contributed by atoms with Crippen molar-refractivity contribution < 1.29 is 13.2 Å². The van der Waals surface area contributed by atoms with Gasteiger partial charge < -0.3 is 9.88 Å². The van der Waals surface area contributed by atoms with Crippen molar-refractivity contribution >= 4 is 27.7 Å². The summed E-state index contributed by atoms with van der Waals surface area (Å²) < 4.78 is 28.0. The van der Waals surface area contributed by atoms with E-state index in [1.807, 2.05) is 24.3 Å². The van der Waals surface area contributed by atoms with Crippen molar-refractivity contribution in [1.82, 2.24) is 19.5 Å². The number of anilines is 1. The largest absolute Gasteiger partial charge is 0.322 e. The van der Waals surface area contributed by atoms with Crippen LogP contribution < -0.4 is 10.0 Å². The van der Waals surface area contributed by atoms with Crippen LogP contribution >= 0.6 is 0 Å². The maximum Gasteiger partial charge on any atom is 0.248 e. The van der Waals surface area contributed by atoms with Gasteiger partial charge in [-0.2, -0.15) is 0 Å². The third-order valence-corrected chi connectivity index (χ3v) is 6.81. The highest BCUT2D eigenvalue weighted by Gasteiger charge is 2.16. The van der Waals surface area contributed by atoms with Gasteiger partial charge in [-0.05, 0) is 55.8 Å². The molecule has 1 aliphatic rings. The van der Waals surface area contributed by atoms with E-state index in [0.717, 1.165) is 48.6 Å². The first-order chi connectivity index (χ1) is 15.5. The van der Waals surface area contributed by atoms with Crippen molar-refractivity contribution in [2.45, 2.75) is 37.1 Å². The molecule has 166 valence electrons. The fourth-order valence-corrected chi connectivity index (χ4v) is 4.40. The van der Waals surface area contributed by atoms with E-state index in [0.29, 0.717) is 5.69 Å². The lowest BCUT2D eigenvalue weighted by Gasteiger charge is -2.09. The van der Waals surface area contributed by atoms with E-state index in [1.165, 1.54) is 31.7 Å². The number of nitrogens with one attached hydrogen (secondary N) is 2. The van der Waals surface area contributed by atoms with Gasteiger partial charge in [-0.15, -0.1) is 10.2 Å². The Hall–Kier alpha value is -3.30. The number of hydrogen-bond acceptors (Lipinski definition) is 5. The molecule has 0 saturated carbocycles. The van der Waals surface area contributed by atoms with Crippen LogP contribution in [0.15, 0.2) is 59.5 Å². The Morgan fingerprint density at radius 2 is 1.88 bits per heavy atom. The molecule has 0 saturated heterocycles. The summed E-state index contributed by atoms with van der Waals surface area (Å²) in [5.74, 6) is 1.56. The van der Waals surface area contributed by atoms with Crippen LogP contribution in [0.2, 0.25) is 0 Å². The van der Waals surface area contributed by atoms with Gasteiger partial charge in [0.1, 0.15) is 5.82 Å². The highest BCUT2D eigenvalue weighted by Crippen LogP contribution is 2.25. The fourth-order valence-electron chi connectivity index (χ4n) is 3.67. The van der Waals surface area contributed by atoms with E-state index in [4.69, 9.17) is 0 Å². The summed E-state index contributed by atoms with van der Waals surface area (Å²) in [6.07, 6.45) is 7.43. The number of fused-ring (bicyclic) bond motifs is 1. The molecular weight excluding hydrogens is 426 g/mol. The lowest BCUT2D eigenvalue weighted by molar-refractivity contribution is -0.111. The zero-order valence-electron chi connectivity index (χ0n) is 17.8. The standard InChI is InChI=1S/C23H25N5O3S/c1-24-32(30,31)20-12-9-17(10-13-20)11-14-22(29)25-19-7-5-6-18(16-19)23-27-26-21-8-3-2-4-15-28(21)23/h5-7,9-14,16,24H,2-4,8,15H2,1H3,(H,25,29). The molecule has 2 heterocycles. The SMILES string of the molecule is CNS(=O)(=O)c1ccc(C=CC(=O)Nc2cccc(-c3nnc4n3CCCCC4)c2)cc1. The topological polar surface area (TPSA) is 106 Å². The van der Waals surface area contributed by atoms with Gasteiger partial charge in [0.15, 0.2) is 5.82 Å². The number of benzene rings is 2. The van der Waals surface area contributed by atoms with Gasteiger partial charge >= 0.3 is 0 Å². The molecule has 0 aliphatic carbocycles. The summed E-state index contributed by atoms with van der Waals surface area (Å²) in [5, 5.41) is 11.6. The van der Waals surface area contributed by atoms with Crippen molar-refractivity contribution in [1.29, 1.82) is 0 Å². The molecule has 1 aliphatic heterocycles. The van der Waals surface area contributed by atoms with Crippen LogP contribution in [0.1, 0.15) is 30.7 Å². The van der Waals surface area contributed by atoms with E-state index < -0.39 is 10.0 Å². The van der Waals surface area contributed by atoms with Crippen molar-refractivity contribution in [2.75, 3.05) is 12.4 Å². The van der Waals surface area contributed by atoms with Crippen LogP contribution in [0.25, 0.3) is 17.5 Å². The number of hydrogen-bond donors (Lipinski definition) is 2. The van der Waals surface area contributed by atoms with Crippen LogP contribution in [0.5, 0.6) is 0 Å². The Morgan fingerprint density at radius 1 is 1.06 bits per heavy atom. The van der Waals surface area contributed by atoms with Gasteiger partial charge in [-0.1, -0.05) is 30.7 Å². The zero-order valence-corrected chi connectivity index (χ0v) is 18.6. The fraction of sp³-hybridized carbons (Fsp3) is 0.261. The summed E-state index contributed by atoms with van der Waals surface area (Å²) in [7, 11) is -2.12. The predicted molar refractivity (Wildman–Crippen MR) is 123 cm³/mol. The molecular formula is C23H25N5O3S. The number of rotatable bonds is 6. The third kappa shape index (κ3) is 4.95. The maximum atomic E-state index is 12.4. The van der Waals surface area contributed by atoms with Gasteiger partial charge in [-0.25, -0.2) is 13.1 Å². The van der Waals surface area contributed by atoms with E-state index in [9.17, 15) is 13.2 Å². The summed E-state index contributed by atoms with van der Waals surface area (Å²) in [5.41, 5.74) is 2.29. The van der Waals surface area contributed by atoms with Crippen LogP contribution in [0, 0.1) is 0 Å². The summed E-state index contributed by atoms with van der Waals surface area (Å²) >= 11 is 0. The Bertz CT molecular complexity index is 1250. The smallest absolute Gasteiger partial charge is 0.248 e. The van der Waals surface area contributed by atoms with E-state index >= 15 is 0 Å². The van der Waals surface area contributed by atoms with Crippen LogP contribution in [0.3, 0.4) is 0 Å². The van der Waals surface area contributed by atoms with Gasteiger partial charge in [0, 0.05) is 30.3 Å². The molecule has 32 heavy (non-hydrogen) atoms. The number of nitrogens with zero attached hydrogens (tertiary/aromatic N) is 3. The molecule has 4 rings (SSSR count). The Kier molecular flexibility index (Phi) is 6.48. The molecule has 3 aromatic rings. The lowest BCUT2D eigenvalue weighted by Crippen LogP contribution is -2.18. The lowest BCUT2D eigenvalue weighted by atomic mass is 10.1. The molecule has 0 fully saturated rings. The molecule has 9 heteroatoms. The second-order valence-corrected chi connectivity index (χ2v) is 9.47. The van der Waals surface area contributed by atoms with Gasteiger partial charge in [0.25, 0.3) is 0 Å². The van der Waals surface area contributed by atoms with Crippen LogP contribution in [-0.4, -0.2) is 36.1 Å². The Labute approximate surface area is 187 Å². The molecule has 2 aromatic carbocycles. The Morgan fingerprint density at radius 3 is 2.66 bits per heavy atom. The van der Waals surface area contributed by atoms with Crippen molar-refractivity contribution in [3.8, 4) is 11.4 Å². The monoisotopic (exact) mass is 451 g/mol. The van der Waals surface area contributed by atoms with Gasteiger partial charge in [0.2, 0.25) is 15.9 Å². The molecule has 0 radical (unpaired) electrons. The van der Waals surface area contributed by atoms with Crippen LogP contribution in [0.4, 0.5) is 5.69 Å². The first-order valence-corrected chi connectivity index (χ1v) is 12.0. The third-order valence-electron chi connectivity index (χ3n) is 5.38. The summed E-state index contributed by atoms with van der Waals surface area (Å²) in [6.45, 7) is 0.908. The first kappa shape index (κ1) is 21.9. The molecule has 0 atom stereocenters. The summed E-state index contributed by atoms with van der Waals surface area (Å²) in [6, 6.07) is 13.8. The molecule has 0 spiro atoms. The molecule has 8 nitrogen and oxygen atoms in total.